The second-order valence-electron chi connectivity index (χ2n) is 2.33. The fraction of sp³-hybridized carbons (Fsp3) is 0.125. The Morgan fingerprint density at radius 2 is 2.21 bits per heavy atom. The molecule has 0 aromatic carbocycles. The average molecular weight is 200 g/mol. The summed E-state index contributed by atoms with van der Waals surface area (Å²) < 4.78 is 37.1. The minimum absolute atomic E-state index is 0.110. The zero-order chi connectivity index (χ0) is 10.7. The molecule has 6 heteroatoms. The summed E-state index contributed by atoms with van der Waals surface area (Å²) >= 11 is 0. The van der Waals surface area contributed by atoms with E-state index in [0.717, 1.165) is 6.07 Å². The van der Waals surface area contributed by atoms with Crippen molar-refractivity contribution >= 4 is 6.29 Å². The number of hydrogen-bond acceptors (Lipinski definition) is 3. The lowest BCUT2D eigenvalue weighted by atomic mass is 10.1. The Bertz CT molecular complexity index is 412. The van der Waals surface area contributed by atoms with Crippen molar-refractivity contribution in [1.29, 1.82) is 5.26 Å². The highest BCUT2D eigenvalue weighted by molar-refractivity contribution is 5.75. The summed E-state index contributed by atoms with van der Waals surface area (Å²) in [6, 6.07) is 2.16. The maximum atomic E-state index is 12.7. The SMILES string of the molecule is N#Cc1cc(C=O)c(F)nc1C(F)F. The van der Waals surface area contributed by atoms with Gasteiger partial charge in [0.1, 0.15) is 11.8 Å². The van der Waals surface area contributed by atoms with Gasteiger partial charge < -0.3 is 0 Å². The first-order valence-corrected chi connectivity index (χ1v) is 3.44. The smallest absolute Gasteiger partial charge is 0.281 e. The van der Waals surface area contributed by atoms with Crippen LogP contribution in [0.15, 0.2) is 6.07 Å². The van der Waals surface area contributed by atoms with Crippen molar-refractivity contribution in [1.82, 2.24) is 4.98 Å². The summed E-state index contributed by atoms with van der Waals surface area (Å²) in [4.78, 5) is 13.0. The number of alkyl halides is 2. The second kappa shape index (κ2) is 3.87. The Morgan fingerprint density at radius 3 is 2.64 bits per heavy atom. The van der Waals surface area contributed by atoms with Crippen LogP contribution in [0.25, 0.3) is 0 Å². The number of carbonyl (C=O) groups is 1. The Morgan fingerprint density at radius 1 is 1.57 bits per heavy atom. The molecule has 1 aromatic rings. The van der Waals surface area contributed by atoms with Gasteiger partial charge in [-0.1, -0.05) is 0 Å². The lowest BCUT2D eigenvalue weighted by Gasteiger charge is -2.02. The van der Waals surface area contributed by atoms with Gasteiger partial charge in [0, 0.05) is 0 Å². The first-order valence-electron chi connectivity index (χ1n) is 3.44. The highest BCUT2D eigenvalue weighted by Gasteiger charge is 2.18. The summed E-state index contributed by atoms with van der Waals surface area (Å²) in [7, 11) is 0. The Labute approximate surface area is 76.8 Å². The number of pyridine rings is 1. The fourth-order valence-electron chi connectivity index (χ4n) is 0.858. The van der Waals surface area contributed by atoms with Crippen LogP contribution in [0.4, 0.5) is 13.2 Å². The van der Waals surface area contributed by atoms with Gasteiger partial charge in [0.25, 0.3) is 6.43 Å². The molecule has 0 radical (unpaired) electrons. The number of halogens is 3. The third kappa shape index (κ3) is 1.71. The van der Waals surface area contributed by atoms with Gasteiger partial charge in [-0.3, -0.25) is 4.79 Å². The summed E-state index contributed by atoms with van der Waals surface area (Å²) in [5.41, 5.74) is -1.95. The predicted octanol–water partition coefficient (Wildman–Crippen LogP) is 1.84. The van der Waals surface area contributed by atoms with Gasteiger partial charge in [0.05, 0.1) is 11.1 Å². The summed E-state index contributed by atoms with van der Waals surface area (Å²) in [6.45, 7) is 0. The molecule has 14 heavy (non-hydrogen) atoms. The summed E-state index contributed by atoms with van der Waals surface area (Å²) in [6.07, 6.45) is -2.93. The molecule has 72 valence electrons. The summed E-state index contributed by atoms with van der Waals surface area (Å²) in [5, 5.41) is 8.42. The standard InChI is InChI=1S/C8H3F3N2O/c9-7(10)6-4(2-12)1-5(3-14)8(11)13-6/h1,3,7H. The van der Waals surface area contributed by atoms with E-state index in [1.165, 1.54) is 6.07 Å². The van der Waals surface area contributed by atoms with Gasteiger partial charge in [-0.2, -0.15) is 9.65 Å². The maximum Gasteiger partial charge on any atom is 0.281 e. The number of carbonyl (C=O) groups excluding carboxylic acids is 1. The van der Waals surface area contributed by atoms with E-state index in [2.05, 4.69) is 4.98 Å². The quantitative estimate of drug-likeness (QED) is 0.540. The van der Waals surface area contributed by atoms with Gasteiger partial charge in [-0.05, 0) is 6.07 Å². The van der Waals surface area contributed by atoms with Crippen LogP contribution in [-0.2, 0) is 0 Å². The van der Waals surface area contributed by atoms with Gasteiger partial charge >= 0.3 is 0 Å². The molecular weight excluding hydrogens is 197 g/mol. The monoisotopic (exact) mass is 200 g/mol. The molecule has 1 aromatic heterocycles. The number of aromatic nitrogens is 1. The first kappa shape index (κ1) is 10.2. The highest BCUT2D eigenvalue weighted by atomic mass is 19.3. The van der Waals surface area contributed by atoms with Crippen LogP contribution in [0, 0.1) is 17.3 Å². The minimum Gasteiger partial charge on any atom is -0.298 e. The topological polar surface area (TPSA) is 53.8 Å². The number of rotatable bonds is 2. The van der Waals surface area contributed by atoms with E-state index >= 15 is 0 Å². The lowest BCUT2D eigenvalue weighted by molar-refractivity contribution is 0.111. The van der Waals surface area contributed by atoms with Crippen molar-refractivity contribution in [2.24, 2.45) is 0 Å². The highest BCUT2D eigenvalue weighted by Crippen LogP contribution is 2.21. The van der Waals surface area contributed by atoms with Gasteiger partial charge in [-0.25, -0.2) is 13.8 Å². The van der Waals surface area contributed by atoms with Gasteiger partial charge in [0.2, 0.25) is 5.95 Å². The Balaban J connectivity index is 3.40. The molecule has 0 aliphatic carbocycles. The van der Waals surface area contributed by atoms with Crippen LogP contribution >= 0.6 is 0 Å². The third-order valence-electron chi connectivity index (χ3n) is 1.49. The van der Waals surface area contributed by atoms with Crippen molar-refractivity contribution < 1.29 is 18.0 Å². The maximum absolute atomic E-state index is 12.7. The molecule has 0 saturated carbocycles. The van der Waals surface area contributed by atoms with Crippen molar-refractivity contribution in [3.8, 4) is 6.07 Å². The lowest BCUT2D eigenvalue weighted by Crippen LogP contribution is -2.02. The molecule has 0 aliphatic heterocycles. The Hall–Kier alpha value is -1.90. The molecule has 3 nitrogen and oxygen atoms in total. The van der Waals surface area contributed by atoms with Crippen LogP contribution in [0.3, 0.4) is 0 Å². The molecule has 0 amide bonds. The van der Waals surface area contributed by atoms with Crippen LogP contribution in [-0.4, -0.2) is 11.3 Å². The van der Waals surface area contributed by atoms with Crippen LogP contribution in [0.5, 0.6) is 0 Å². The van der Waals surface area contributed by atoms with Crippen LogP contribution in [0.2, 0.25) is 0 Å². The third-order valence-corrected chi connectivity index (χ3v) is 1.49. The average Bonchev–Trinajstić information content (AvgIpc) is 2.17. The van der Waals surface area contributed by atoms with E-state index in [0.29, 0.717) is 0 Å². The molecule has 0 aliphatic rings. The zero-order valence-corrected chi connectivity index (χ0v) is 6.67. The molecule has 1 heterocycles. The van der Waals surface area contributed by atoms with Crippen molar-refractivity contribution in [3.05, 3.63) is 28.8 Å². The van der Waals surface area contributed by atoms with E-state index in [1.807, 2.05) is 0 Å². The normalized spacial score (nSPS) is 9.93. The van der Waals surface area contributed by atoms with Gasteiger partial charge in [-0.15, -0.1) is 0 Å². The molecule has 0 spiro atoms. The molecule has 0 unspecified atom stereocenters. The zero-order valence-electron chi connectivity index (χ0n) is 6.67. The van der Waals surface area contributed by atoms with Crippen LogP contribution in [0.1, 0.15) is 28.0 Å². The number of nitrogens with zero attached hydrogens (tertiary/aromatic N) is 2. The second-order valence-corrected chi connectivity index (χ2v) is 2.33. The van der Waals surface area contributed by atoms with Gasteiger partial charge in [0.15, 0.2) is 6.29 Å². The fourth-order valence-corrected chi connectivity index (χ4v) is 0.858. The molecule has 0 N–H and O–H groups in total. The van der Waals surface area contributed by atoms with Crippen LogP contribution < -0.4 is 0 Å². The van der Waals surface area contributed by atoms with E-state index in [9.17, 15) is 18.0 Å². The molecule has 0 bridgehead atoms. The van der Waals surface area contributed by atoms with Crippen molar-refractivity contribution in [2.45, 2.75) is 6.43 Å². The van der Waals surface area contributed by atoms with E-state index in [4.69, 9.17) is 5.26 Å². The first-order chi connectivity index (χ1) is 6.60. The van der Waals surface area contributed by atoms with E-state index in [-0.39, 0.29) is 6.29 Å². The van der Waals surface area contributed by atoms with E-state index in [1.54, 1.807) is 0 Å². The van der Waals surface area contributed by atoms with Crippen molar-refractivity contribution in [2.75, 3.05) is 0 Å². The molecule has 0 fully saturated rings. The Kier molecular flexibility index (Phi) is 2.82. The number of hydrogen-bond donors (Lipinski definition) is 0. The molecule has 0 saturated heterocycles. The molecule has 0 atom stereocenters. The van der Waals surface area contributed by atoms with E-state index < -0.39 is 29.2 Å². The van der Waals surface area contributed by atoms with Crippen molar-refractivity contribution in [3.63, 3.8) is 0 Å². The molecule has 1 rings (SSSR count). The predicted molar refractivity (Wildman–Crippen MR) is 39.3 cm³/mol. The number of nitriles is 1. The largest absolute Gasteiger partial charge is 0.298 e. The minimum atomic E-state index is -3.04. The number of aldehydes is 1. The summed E-state index contributed by atoms with van der Waals surface area (Å²) in [5.74, 6) is -1.30. The molecular formula is C8H3F3N2O.